The van der Waals surface area contributed by atoms with E-state index in [0.717, 1.165) is 28.1 Å². The highest BCUT2D eigenvalue weighted by Gasteiger charge is 2.17. The monoisotopic (exact) mass is 518 g/mol. The number of carbonyl (C=O) groups excluding carboxylic acids is 1. The lowest BCUT2D eigenvalue weighted by Crippen LogP contribution is -2.14. The molecule has 3 heterocycles. The maximum atomic E-state index is 12.7. The van der Waals surface area contributed by atoms with Gasteiger partial charge in [0.15, 0.2) is 16.1 Å². The lowest BCUT2D eigenvalue weighted by atomic mass is 10.1. The molecule has 2 aromatic carbocycles. The van der Waals surface area contributed by atoms with Crippen molar-refractivity contribution >= 4 is 45.7 Å². The van der Waals surface area contributed by atoms with Gasteiger partial charge in [-0.1, -0.05) is 53.7 Å². The quantitative estimate of drug-likeness (QED) is 0.263. The molecule has 0 unspecified atom stereocenters. The van der Waals surface area contributed by atoms with Gasteiger partial charge < -0.3 is 5.32 Å². The van der Waals surface area contributed by atoms with Crippen LogP contribution in [0.25, 0.3) is 17.1 Å². The van der Waals surface area contributed by atoms with Gasteiger partial charge in [0.1, 0.15) is 0 Å². The number of aromatic nitrogens is 5. The second-order valence-electron chi connectivity index (χ2n) is 7.48. The van der Waals surface area contributed by atoms with Gasteiger partial charge in [-0.05, 0) is 42.0 Å². The third kappa shape index (κ3) is 5.76. The summed E-state index contributed by atoms with van der Waals surface area (Å²) in [5.74, 6) is 0.705. The first kappa shape index (κ1) is 23.2. The number of nitrogens with zero attached hydrogens (tertiary/aromatic N) is 5. The van der Waals surface area contributed by atoms with Crippen molar-refractivity contribution in [1.82, 2.24) is 24.7 Å². The van der Waals surface area contributed by atoms with E-state index in [1.54, 1.807) is 18.6 Å². The predicted molar refractivity (Wildman–Crippen MR) is 140 cm³/mol. The molecule has 0 saturated heterocycles. The fourth-order valence-electron chi connectivity index (χ4n) is 3.40. The van der Waals surface area contributed by atoms with Crippen LogP contribution in [0, 0.1) is 0 Å². The Morgan fingerprint density at radius 1 is 1.00 bits per heavy atom. The summed E-state index contributed by atoms with van der Waals surface area (Å²) < 4.78 is 1.95. The first-order chi connectivity index (χ1) is 17.2. The maximum absolute atomic E-state index is 12.7. The van der Waals surface area contributed by atoms with Gasteiger partial charge in [0.05, 0.1) is 5.75 Å². The van der Waals surface area contributed by atoms with Crippen molar-refractivity contribution in [2.75, 3.05) is 11.1 Å². The van der Waals surface area contributed by atoms with Crippen LogP contribution < -0.4 is 5.32 Å². The smallest absolute Gasteiger partial charge is 0.236 e. The molecule has 1 N–H and O–H groups in total. The molecular weight excluding hydrogens is 500 g/mol. The summed E-state index contributed by atoms with van der Waals surface area (Å²) in [6.07, 6.45) is 5.95. The molecule has 7 nitrogen and oxygen atoms in total. The minimum Gasteiger partial charge on any atom is -0.301 e. The van der Waals surface area contributed by atoms with Crippen LogP contribution in [0.15, 0.2) is 90.5 Å². The Labute approximate surface area is 215 Å². The molecule has 1 amide bonds. The van der Waals surface area contributed by atoms with Crippen LogP contribution in [-0.4, -0.2) is 36.4 Å². The van der Waals surface area contributed by atoms with Gasteiger partial charge in [-0.15, -0.1) is 21.5 Å². The van der Waals surface area contributed by atoms with Crippen molar-refractivity contribution in [1.29, 1.82) is 0 Å². The molecule has 3 aromatic heterocycles. The average Bonchev–Trinajstić information content (AvgIpc) is 3.52. The zero-order valence-electron chi connectivity index (χ0n) is 18.3. The predicted octanol–water partition coefficient (Wildman–Crippen LogP) is 5.76. The van der Waals surface area contributed by atoms with E-state index in [1.807, 2.05) is 71.3 Å². The molecule has 174 valence electrons. The summed E-state index contributed by atoms with van der Waals surface area (Å²) in [4.78, 5) is 22.2. The highest BCUT2D eigenvalue weighted by atomic mass is 35.5. The van der Waals surface area contributed by atoms with Crippen LogP contribution in [-0.2, 0) is 11.2 Å². The number of benzene rings is 2. The number of hydrogen-bond donors (Lipinski definition) is 1. The largest absolute Gasteiger partial charge is 0.301 e. The SMILES string of the molecule is O=C(CSc1nnc(-c2ccncc2)n1-c1ccccc1)Nc1ncc(Cc2ccc(Cl)cc2)s1. The lowest BCUT2D eigenvalue weighted by Gasteiger charge is -2.10. The Bertz CT molecular complexity index is 1420. The molecule has 0 spiro atoms. The molecule has 0 saturated carbocycles. The molecule has 0 atom stereocenters. The molecule has 0 aliphatic heterocycles. The molecule has 5 rings (SSSR count). The molecule has 0 aliphatic carbocycles. The number of para-hydroxylation sites is 1. The van der Waals surface area contributed by atoms with Gasteiger partial charge in [-0.25, -0.2) is 4.98 Å². The standard InChI is InChI=1S/C25H19ClN6OS2/c26-19-8-6-17(7-9-19)14-21-15-28-24(35-21)29-22(33)16-34-25-31-30-23(18-10-12-27-13-11-18)32(25)20-4-2-1-3-5-20/h1-13,15H,14,16H2,(H,28,29,33). The van der Waals surface area contributed by atoms with Gasteiger partial charge in [-0.3, -0.25) is 14.3 Å². The maximum Gasteiger partial charge on any atom is 0.236 e. The van der Waals surface area contributed by atoms with Crippen molar-refractivity contribution in [3.05, 3.63) is 101 Å². The number of carbonyl (C=O) groups is 1. The van der Waals surface area contributed by atoms with Crippen LogP contribution >= 0.6 is 34.7 Å². The lowest BCUT2D eigenvalue weighted by molar-refractivity contribution is -0.113. The van der Waals surface area contributed by atoms with Crippen LogP contribution in [0.2, 0.25) is 5.02 Å². The number of thiazole rings is 1. The number of hydrogen-bond acceptors (Lipinski definition) is 7. The van der Waals surface area contributed by atoms with Gasteiger partial charge in [0.2, 0.25) is 5.91 Å². The molecule has 5 aromatic rings. The highest BCUT2D eigenvalue weighted by Crippen LogP contribution is 2.28. The van der Waals surface area contributed by atoms with E-state index in [1.165, 1.54) is 23.1 Å². The van der Waals surface area contributed by atoms with E-state index >= 15 is 0 Å². The number of nitrogens with one attached hydrogen (secondary N) is 1. The zero-order valence-corrected chi connectivity index (χ0v) is 20.7. The Hall–Kier alpha value is -3.53. The van der Waals surface area contributed by atoms with Gasteiger partial charge in [0.25, 0.3) is 0 Å². The minimum absolute atomic E-state index is 0.157. The van der Waals surface area contributed by atoms with Crippen molar-refractivity contribution < 1.29 is 4.79 Å². The van der Waals surface area contributed by atoms with Crippen molar-refractivity contribution in [2.24, 2.45) is 0 Å². The van der Waals surface area contributed by atoms with E-state index in [9.17, 15) is 4.79 Å². The summed E-state index contributed by atoms with van der Waals surface area (Å²) in [5.41, 5.74) is 2.94. The first-order valence-corrected chi connectivity index (χ1v) is 12.9. The second kappa shape index (κ2) is 10.8. The second-order valence-corrected chi connectivity index (χ2v) is 9.98. The van der Waals surface area contributed by atoms with Crippen LogP contribution in [0.5, 0.6) is 0 Å². The summed E-state index contributed by atoms with van der Waals surface area (Å²) in [6.45, 7) is 0. The van der Waals surface area contributed by atoms with Crippen molar-refractivity contribution in [3.8, 4) is 17.1 Å². The highest BCUT2D eigenvalue weighted by molar-refractivity contribution is 7.99. The van der Waals surface area contributed by atoms with Crippen molar-refractivity contribution in [3.63, 3.8) is 0 Å². The van der Waals surface area contributed by atoms with Crippen LogP contribution in [0.1, 0.15) is 10.4 Å². The number of thioether (sulfide) groups is 1. The third-order valence-electron chi connectivity index (χ3n) is 5.01. The molecular formula is C25H19ClN6OS2. The van der Waals surface area contributed by atoms with E-state index in [0.29, 0.717) is 21.1 Å². The molecule has 0 bridgehead atoms. The Morgan fingerprint density at radius 3 is 2.54 bits per heavy atom. The van der Waals surface area contributed by atoms with Gasteiger partial charge >= 0.3 is 0 Å². The van der Waals surface area contributed by atoms with Crippen LogP contribution in [0.4, 0.5) is 5.13 Å². The van der Waals surface area contributed by atoms with Crippen molar-refractivity contribution in [2.45, 2.75) is 11.6 Å². The third-order valence-corrected chi connectivity index (χ3v) is 7.10. The normalized spacial score (nSPS) is 10.9. The van der Waals surface area contributed by atoms with E-state index in [-0.39, 0.29) is 11.7 Å². The number of halogens is 1. The first-order valence-electron chi connectivity index (χ1n) is 10.7. The topological polar surface area (TPSA) is 85.6 Å². The number of pyridine rings is 1. The number of amides is 1. The molecule has 35 heavy (non-hydrogen) atoms. The number of anilines is 1. The van der Waals surface area contributed by atoms with Gasteiger partial charge in [-0.2, -0.15) is 0 Å². The summed E-state index contributed by atoms with van der Waals surface area (Å²) in [5, 5.41) is 13.5. The fraction of sp³-hybridized carbons (Fsp3) is 0.0800. The minimum atomic E-state index is -0.157. The average molecular weight is 519 g/mol. The zero-order chi connectivity index (χ0) is 24.0. The summed E-state index contributed by atoms with van der Waals surface area (Å²) in [6, 6.07) is 21.3. The Balaban J connectivity index is 1.27. The molecule has 0 radical (unpaired) electrons. The van der Waals surface area contributed by atoms with E-state index in [4.69, 9.17) is 11.6 Å². The molecule has 0 fully saturated rings. The summed E-state index contributed by atoms with van der Waals surface area (Å²) >= 11 is 8.74. The molecule has 0 aliphatic rings. The summed E-state index contributed by atoms with van der Waals surface area (Å²) in [7, 11) is 0. The fourth-order valence-corrected chi connectivity index (χ4v) is 5.14. The van der Waals surface area contributed by atoms with E-state index < -0.39 is 0 Å². The Kier molecular flexibility index (Phi) is 7.17. The van der Waals surface area contributed by atoms with Gasteiger partial charge in [0, 0.05) is 46.2 Å². The number of rotatable bonds is 8. The van der Waals surface area contributed by atoms with E-state index in [2.05, 4.69) is 25.5 Å². The van der Waals surface area contributed by atoms with Crippen LogP contribution in [0.3, 0.4) is 0 Å². The molecule has 10 heteroatoms. The Morgan fingerprint density at radius 2 is 1.77 bits per heavy atom.